The molecule has 1 saturated heterocycles. The van der Waals surface area contributed by atoms with Crippen LogP contribution in [0.5, 0.6) is 0 Å². The molecule has 2 N–H and O–H groups in total. The Labute approximate surface area is 159 Å². The number of nitrogens with zero attached hydrogens (tertiary/aromatic N) is 5. The Morgan fingerprint density at radius 2 is 2.07 bits per heavy atom. The van der Waals surface area contributed by atoms with Crippen molar-refractivity contribution in [3.05, 3.63) is 38.5 Å². The fraction of sp³-hybridized carbons (Fsp3) is 0.471. The van der Waals surface area contributed by atoms with Gasteiger partial charge in [-0.05, 0) is 39.8 Å². The molecule has 3 aromatic rings. The molecule has 9 nitrogen and oxygen atoms in total. The first-order chi connectivity index (χ1) is 13.0. The Hall–Kier alpha value is -2.59. The number of piperidine rings is 1. The van der Waals surface area contributed by atoms with Crippen LogP contribution in [0.1, 0.15) is 45.5 Å². The van der Waals surface area contributed by atoms with Gasteiger partial charge in [-0.1, -0.05) is 0 Å². The number of aryl methyl sites for hydroxylation is 3. The molecule has 1 fully saturated rings. The number of carbonyl (C=O) groups is 1. The first-order valence-electron chi connectivity index (χ1n) is 8.86. The highest BCUT2D eigenvalue weighted by molar-refractivity contribution is 7.17. The highest BCUT2D eigenvalue weighted by atomic mass is 32.1. The van der Waals surface area contributed by atoms with E-state index in [9.17, 15) is 9.59 Å². The number of carbonyl (C=O) groups excluding carboxylic acids is 1. The molecule has 0 bridgehead atoms. The van der Waals surface area contributed by atoms with Gasteiger partial charge in [0, 0.05) is 29.7 Å². The second-order valence-corrected chi connectivity index (χ2v) is 7.92. The van der Waals surface area contributed by atoms with Gasteiger partial charge in [0.05, 0.1) is 0 Å². The standard InChI is InChI=1S/C17H21N7O2S/c1-9-10(2)27-17-19-8-12(15(26)24(9)17)14(25)21-16-20-13(22-23(16)3)11-4-6-18-7-5-11/h8,11,18H,4-7H2,1-3H3,(H,20,21,22,25). The average molecular weight is 387 g/mol. The highest BCUT2D eigenvalue weighted by Crippen LogP contribution is 2.23. The van der Waals surface area contributed by atoms with Crippen LogP contribution in [0.25, 0.3) is 4.96 Å². The van der Waals surface area contributed by atoms with Crippen LogP contribution in [0.4, 0.5) is 5.95 Å². The van der Waals surface area contributed by atoms with Gasteiger partial charge >= 0.3 is 0 Å². The normalized spacial score (nSPS) is 15.4. The van der Waals surface area contributed by atoms with E-state index in [2.05, 4.69) is 25.7 Å². The maximum Gasteiger partial charge on any atom is 0.271 e. The van der Waals surface area contributed by atoms with E-state index in [0.29, 0.717) is 10.9 Å². The monoisotopic (exact) mass is 387 g/mol. The van der Waals surface area contributed by atoms with Gasteiger partial charge in [0.2, 0.25) is 5.95 Å². The van der Waals surface area contributed by atoms with Crippen LogP contribution in [0, 0.1) is 13.8 Å². The minimum atomic E-state index is -0.530. The number of rotatable bonds is 3. The van der Waals surface area contributed by atoms with Crippen LogP contribution < -0.4 is 16.2 Å². The van der Waals surface area contributed by atoms with Crippen molar-refractivity contribution in [3.8, 4) is 0 Å². The quantitative estimate of drug-likeness (QED) is 0.700. The van der Waals surface area contributed by atoms with Crippen molar-refractivity contribution >= 4 is 28.2 Å². The number of hydrogen-bond acceptors (Lipinski definition) is 7. The van der Waals surface area contributed by atoms with Gasteiger partial charge in [-0.25, -0.2) is 9.67 Å². The summed E-state index contributed by atoms with van der Waals surface area (Å²) < 4.78 is 3.02. The molecule has 1 aliphatic heterocycles. The van der Waals surface area contributed by atoms with Gasteiger partial charge in [-0.3, -0.25) is 19.3 Å². The van der Waals surface area contributed by atoms with E-state index in [1.807, 2.05) is 13.8 Å². The summed E-state index contributed by atoms with van der Waals surface area (Å²) >= 11 is 1.43. The molecular weight excluding hydrogens is 366 g/mol. The molecular formula is C17H21N7O2S. The number of aromatic nitrogens is 5. The van der Waals surface area contributed by atoms with Gasteiger partial charge in [-0.2, -0.15) is 10.1 Å². The Kier molecular flexibility index (Phi) is 4.52. The van der Waals surface area contributed by atoms with E-state index in [-0.39, 0.29) is 17.0 Å². The van der Waals surface area contributed by atoms with Crippen molar-refractivity contribution in [2.24, 2.45) is 7.05 Å². The van der Waals surface area contributed by atoms with E-state index < -0.39 is 5.91 Å². The van der Waals surface area contributed by atoms with Crippen molar-refractivity contribution in [3.63, 3.8) is 0 Å². The molecule has 0 atom stereocenters. The summed E-state index contributed by atoms with van der Waals surface area (Å²) in [5.74, 6) is 0.806. The summed E-state index contributed by atoms with van der Waals surface area (Å²) in [6.07, 6.45) is 3.26. The van der Waals surface area contributed by atoms with Gasteiger partial charge < -0.3 is 5.32 Å². The van der Waals surface area contributed by atoms with Crippen molar-refractivity contribution in [2.45, 2.75) is 32.6 Å². The molecule has 0 aliphatic carbocycles. The van der Waals surface area contributed by atoms with E-state index in [4.69, 9.17) is 0 Å². The lowest BCUT2D eigenvalue weighted by atomic mass is 9.98. The van der Waals surface area contributed by atoms with E-state index in [1.165, 1.54) is 21.9 Å². The topological polar surface area (TPSA) is 106 Å². The van der Waals surface area contributed by atoms with Gasteiger partial charge in [0.15, 0.2) is 10.8 Å². The van der Waals surface area contributed by atoms with Crippen LogP contribution in [-0.4, -0.2) is 43.1 Å². The third-order valence-corrected chi connectivity index (χ3v) is 6.04. The zero-order valence-corrected chi connectivity index (χ0v) is 16.3. The first-order valence-corrected chi connectivity index (χ1v) is 9.68. The molecule has 1 amide bonds. The Bertz CT molecular complexity index is 1080. The number of nitrogens with one attached hydrogen (secondary N) is 2. The lowest BCUT2D eigenvalue weighted by Crippen LogP contribution is -2.27. The summed E-state index contributed by atoms with van der Waals surface area (Å²) in [5, 5.41) is 10.5. The Balaban J connectivity index is 1.62. The van der Waals surface area contributed by atoms with Crippen LogP contribution in [0.2, 0.25) is 0 Å². The second kappa shape index (κ2) is 6.86. The SMILES string of the molecule is Cc1sc2ncc(C(=O)Nc3nc(C4CCNCC4)nn3C)c(=O)n2c1C. The molecule has 0 radical (unpaired) electrons. The van der Waals surface area contributed by atoms with Crippen LogP contribution in [0.15, 0.2) is 11.0 Å². The summed E-state index contributed by atoms with van der Waals surface area (Å²) in [7, 11) is 1.73. The molecule has 27 heavy (non-hydrogen) atoms. The molecule has 142 valence electrons. The maximum absolute atomic E-state index is 12.8. The molecule has 0 unspecified atom stereocenters. The summed E-state index contributed by atoms with van der Waals surface area (Å²) in [5.41, 5.74) is 0.411. The lowest BCUT2D eigenvalue weighted by Gasteiger charge is -2.19. The van der Waals surface area contributed by atoms with Crippen molar-refractivity contribution in [1.82, 2.24) is 29.5 Å². The second-order valence-electron chi connectivity index (χ2n) is 6.73. The third-order valence-electron chi connectivity index (χ3n) is 4.97. The predicted octanol–water partition coefficient (Wildman–Crippen LogP) is 1.22. The molecule has 10 heteroatoms. The molecule has 0 aromatic carbocycles. The number of amides is 1. The van der Waals surface area contributed by atoms with Crippen LogP contribution >= 0.6 is 11.3 Å². The number of fused-ring (bicyclic) bond motifs is 1. The van der Waals surface area contributed by atoms with Gasteiger partial charge in [-0.15, -0.1) is 11.3 Å². The lowest BCUT2D eigenvalue weighted by molar-refractivity contribution is 0.102. The Morgan fingerprint density at radius 3 is 2.81 bits per heavy atom. The number of anilines is 1. The molecule has 4 rings (SSSR count). The maximum atomic E-state index is 12.8. The summed E-state index contributed by atoms with van der Waals surface area (Å²) in [6.45, 7) is 5.65. The third kappa shape index (κ3) is 3.15. The first kappa shape index (κ1) is 17.8. The zero-order chi connectivity index (χ0) is 19.1. The molecule has 3 aromatic heterocycles. The van der Waals surface area contributed by atoms with E-state index in [0.717, 1.165) is 42.3 Å². The zero-order valence-electron chi connectivity index (χ0n) is 15.4. The van der Waals surface area contributed by atoms with Gasteiger partial charge in [0.25, 0.3) is 11.5 Å². The smallest absolute Gasteiger partial charge is 0.271 e. The minimum Gasteiger partial charge on any atom is -0.317 e. The van der Waals surface area contributed by atoms with E-state index >= 15 is 0 Å². The van der Waals surface area contributed by atoms with Gasteiger partial charge in [0.1, 0.15) is 5.56 Å². The molecule has 1 aliphatic rings. The number of hydrogen-bond donors (Lipinski definition) is 2. The number of thiazole rings is 1. The molecule has 0 spiro atoms. The Morgan fingerprint density at radius 1 is 1.33 bits per heavy atom. The summed E-state index contributed by atoms with van der Waals surface area (Å²) in [4.78, 5) is 35.7. The fourth-order valence-electron chi connectivity index (χ4n) is 3.27. The van der Waals surface area contributed by atoms with Crippen molar-refractivity contribution in [1.29, 1.82) is 0 Å². The van der Waals surface area contributed by atoms with Crippen molar-refractivity contribution < 1.29 is 4.79 Å². The van der Waals surface area contributed by atoms with Crippen LogP contribution in [-0.2, 0) is 7.05 Å². The average Bonchev–Trinajstić information content (AvgIpc) is 3.16. The van der Waals surface area contributed by atoms with E-state index in [1.54, 1.807) is 11.7 Å². The largest absolute Gasteiger partial charge is 0.317 e. The summed E-state index contributed by atoms with van der Waals surface area (Å²) in [6, 6.07) is 0. The molecule has 0 saturated carbocycles. The highest BCUT2D eigenvalue weighted by Gasteiger charge is 2.23. The van der Waals surface area contributed by atoms with Crippen LogP contribution in [0.3, 0.4) is 0 Å². The molecule has 4 heterocycles. The minimum absolute atomic E-state index is 0.0141. The fourth-order valence-corrected chi connectivity index (χ4v) is 4.20. The van der Waals surface area contributed by atoms with Crippen molar-refractivity contribution in [2.75, 3.05) is 18.4 Å². The predicted molar refractivity (Wildman–Crippen MR) is 103 cm³/mol.